The van der Waals surface area contributed by atoms with Crippen LogP contribution in [-0.2, 0) is 17.9 Å². The standard InChI is InChI=1S/C16H17F2N3O/c1-22-10-11-4-2-3-5-15(11)21-16(19)20-9-12-8-13(17)6-7-14(12)18/h2-8H,9-10H2,1H3,(H3,19,20,21). The van der Waals surface area contributed by atoms with Crippen LogP contribution in [0.1, 0.15) is 11.1 Å². The topological polar surface area (TPSA) is 59.6 Å². The molecule has 0 aliphatic carbocycles. The summed E-state index contributed by atoms with van der Waals surface area (Å²) >= 11 is 0. The van der Waals surface area contributed by atoms with Gasteiger partial charge in [-0.3, -0.25) is 0 Å². The van der Waals surface area contributed by atoms with E-state index in [1.807, 2.05) is 24.3 Å². The number of benzene rings is 2. The average molecular weight is 305 g/mol. The summed E-state index contributed by atoms with van der Waals surface area (Å²) in [5.41, 5.74) is 7.61. The molecule has 2 aromatic carbocycles. The fourth-order valence-electron chi connectivity index (χ4n) is 1.94. The highest BCUT2D eigenvalue weighted by atomic mass is 19.1. The van der Waals surface area contributed by atoms with E-state index in [4.69, 9.17) is 10.5 Å². The second kappa shape index (κ2) is 7.51. The van der Waals surface area contributed by atoms with Gasteiger partial charge in [-0.15, -0.1) is 0 Å². The van der Waals surface area contributed by atoms with Crippen molar-refractivity contribution in [3.05, 3.63) is 65.2 Å². The number of halogens is 2. The van der Waals surface area contributed by atoms with Gasteiger partial charge in [0.1, 0.15) is 11.6 Å². The van der Waals surface area contributed by atoms with E-state index in [1.54, 1.807) is 7.11 Å². The van der Waals surface area contributed by atoms with Crippen molar-refractivity contribution in [2.75, 3.05) is 12.4 Å². The Morgan fingerprint density at radius 3 is 2.73 bits per heavy atom. The van der Waals surface area contributed by atoms with Crippen molar-refractivity contribution in [3.63, 3.8) is 0 Å². The lowest BCUT2D eigenvalue weighted by Crippen LogP contribution is -2.23. The largest absolute Gasteiger partial charge is 0.380 e. The smallest absolute Gasteiger partial charge is 0.193 e. The molecular weight excluding hydrogens is 288 g/mol. The van der Waals surface area contributed by atoms with Crippen molar-refractivity contribution in [1.29, 1.82) is 0 Å². The summed E-state index contributed by atoms with van der Waals surface area (Å²) in [5, 5.41) is 2.93. The molecule has 0 bridgehead atoms. The van der Waals surface area contributed by atoms with Crippen LogP contribution >= 0.6 is 0 Å². The number of ether oxygens (including phenoxy) is 1. The molecule has 0 heterocycles. The molecule has 0 spiro atoms. The van der Waals surface area contributed by atoms with Crippen molar-refractivity contribution < 1.29 is 13.5 Å². The predicted molar refractivity (Wildman–Crippen MR) is 82.5 cm³/mol. The first-order valence-electron chi connectivity index (χ1n) is 6.68. The fourth-order valence-corrected chi connectivity index (χ4v) is 1.94. The molecule has 2 rings (SSSR count). The van der Waals surface area contributed by atoms with Crippen molar-refractivity contribution in [2.24, 2.45) is 10.7 Å². The van der Waals surface area contributed by atoms with Crippen LogP contribution in [0, 0.1) is 11.6 Å². The second-order valence-corrected chi connectivity index (χ2v) is 4.65. The summed E-state index contributed by atoms with van der Waals surface area (Å²) in [4.78, 5) is 4.03. The first kappa shape index (κ1) is 15.9. The van der Waals surface area contributed by atoms with Gasteiger partial charge in [0.15, 0.2) is 5.96 Å². The number of hydrogen-bond donors (Lipinski definition) is 2. The Labute approximate surface area is 127 Å². The third kappa shape index (κ3) is 4.26. The van der Waals surface area contributed by atoms with Gasteiger partial charge < -0.3 is 15.8 Å². The van der Waals surface area contributed by atoms with E-state index in [-0.39, 0.29) is 18.1 Å². The Balaban J connectivity index is 2.08. The van der Waals surface area contributed by atoms with Gasteiger partial charge in [-0.2, -0.15) is 0 Å². The first-order chi connectivity index (χ1) is 10.6. The van der Waals surface area contributed by atoms with Gasteiger partial charge in [-0.1, -0.05) is 18.2 Å². The van der Waals surface area contributed by atoms with Gasteiger partial charge in [0.05, 0.1) is 13.2 Å². The van der Waals surface area contributed by atoms with E-state index in [1.165, 1.54) is 0 Å². The summed E-state index contributed by atoms with van der Waals surface area (Å²) in [5.74, 6) is -0.909. The normalized spacial score (nSPS) is 11.5. The fraction of sp³-hybridized carbons (Fsp3) is 0.188. The third-order valence-electron chi connectivity index (χ3n) is 3.01. The van der Waals surface area contributed by atoms with Gasteiger partial charge in [0.25, 0.3) is 0 Å². The Bertz CT molecular complexity index is 674. The first-order valence-corrected chi connectivity index (χ1v) is 6.68. The SMILES string of the molecule is COCc1ccccc1NC(N)=NCc1cc(F)ccc1F. The minimum atomic E-state index is -0.516. The maximum Gasteiger partial charge on any atom is 0.193 e. The third-order valence-corrected chi connectivity index (χ3v) is 3.01. The van der Waals surface area contributed by atoms with Crippen LogP contribution in [-0.4, -0.2) is 13.1 Å². The number of nitrogens with zero attached hydrogens (tertiary/aromatic N) is 1. The lowest BCUT2D eigenvalue weighted by Gasteiger charge is -2.11. The highest BCUT2D eigenvalue weighted by molar-refractivity contribution is 5.92. The Hall–Kier alpha value is -2.47. The van der Waals surface area contributed by atoms with Crippen molar-refractivity contribution in [1.82, 2.24) is 0 Å². The van der Waals surface area contributed by atoms with Gasteiger partial charge >= 0.3 is 0 Å². The molecule has 22 heavy (non-hydrogen) atoms. The summed E-state index contributed by atoms with van der Waals surface area (Å²) in [7, 11) is 1.60. The zero-order chi connectivity index (χ0) is 15.9. The summed E-state index contributed by atoms with van der Waals surface area (Å²) in [6, 6.07) is 10.7. The molecule has 0 radical (unpaired) electrons. The molecular formula is C16H17F2N3O. The van der Waals surface area contributed by atoms with E-state index in [9.17, 15) is 8.78 Å². The van der Waals surface area contributed by atoms with Crippen LogP contribution in [0.4, 0.5) is 14.5 Å². The number of aliphatic imine (C=N–C) groups is 1. The molecule has 0 atom stereocenters. The molecule has 6 heteroatoms. The Morgan fingerprint density at radius 2 is 1.95 bits per heavy atom. The monoisotopic (exact) mass is 305 g/mol. The zero-order valence-electron chi connectivity index (χ0n) is 12.1. The molecule has 3 N–H and O–H groups in total. The number of nitrogens with one attached hydrogen (secondary N) is 1. The highest BCUT2D eigenvalue weighted by Gasteiger charge is 2.05. The number of nitrogens with two attached hydrogens (primary N) is 1. The minimum absolute atomic E-state index is 0.0468. The number of guanidine groups is 1. The molecule has 116 valence electrons. The highest BCUT2D eigenvalue weighted by Crippen LogP contribution is 2.16. The van der Waals surface area contributed by atoms with Gasteiger partial charge in [0.2, 0.25) is 0 Å². The summed E-state index contributed by atoms with van der Waals surface area (Å²) in [6.45, 7) is 0.379. The Morgan fingerprint density at radius 1 is 1.18 bits per heavy atom. The molecule has 0 unspecified atom stereocenters. The molecule has 0 aromatic heterocycles. The summed E-state index contributed by atoms with van der Waals surface area (Å²) in [6.07, 6.45) is 0. The lowest BCUT2D eigenvalue weighted by molar-refractivity contribution is 0.185. The molecule has 0 saturated carbocycles. The van der Waals surface area contributed by atoms with Gasteiger partial charge in [-0.25, -0.2) is 13.8 Å². The van der Waals surface area contributed by atoms with Crippen LogP contribution in [0.25, 0.3) is 0 Å². The van der Waals surface area contributed by atoms with Crippen LogP contribution in [0.15, 0.2) is 47.5 Å². The van der Waals surface area contributed by atoms with Crippen molar-refractivity contribution in [3.8, 4) is 0 Å². The molecule has 2 aromatic rings. The Kier molecular flexibility index (Phi) is 5.43. The second-order valence-electron chi connectivity index (χ2n) is 4.65. The van der Waals surface area contributed by atoms with E-state index in [0.29, 0.717) is 6.61 Å². The molecule has 0 amide bonds. The van der Waals surface area contributed by atoms with Gasteiger partial charge in [-0.05, 0) is 24.3 Å². The zero-order valence-corrected chi connectivity index (χ0v) is 12.1. The maximum absolute atomic E-state index is 13.5. The van der Waals surface area contributed by atoms with E-state index < -0.39 is 11.6 Å². The predicted octanol–water partition coefficient (Wildman–Crippen LogP) is 3.04. The van der Waals surface area contributed by atoms with Crippen molar-refractivity contribution in [2.45, 2.75) is 13.2 Å². The molecule has 0 aliphatic rings. The van der Waals surface area contributed by atoms with Crippen LogP contribution < -0.4 is 11.1 Å². The van der Waals surface area contributed by atoms with Crippen LogP contribution in [0.5, 0.6) is 0 Å². The number of anilines is 1. The van der Waals surface area contributed by atoms with E-state index in [2.05, 4.69) is 10.3 Å². The molecule has 0 saturated heterocycles. The minimum Gasteiger partial charge on any atom is -0.380 e. The number of rotatable bonds is 5. The number of methoxy groups -OCH3 is 1. The average Bonchev–Trinajstić information content (AvgIpc) is 2.50. The van der Waals surface area contributed by atoms with Gasteiger partial charge in [0, 0.05) is 23.9 Å². The van der Waals surface area contributed by atoms with Crippen LogP contribution in [0.3, 0.4) is 0 Å². The lowest BCUT2D eigenvalue weighted by atomic mass is 10.2. The number of hydrogen-bond acceptors (Lipinski definition) is 2. The molecule has 4 nitrogen and oxygen atoms in total. The molecule has 0 aliphatic heterocycles. The number of para-hydroxylation sites is 1. The van der Waals surface area contributed by atoms with Crippen molar-refractivity contribution >= 4 is 11.6 Å². The molecule has 0 fully saturated rings. The quantitative estimate of drug-likeness (QED) is 0.659. The van der Waals surface area contributed by atoms with E-state index in [0.717, 1.165) is 29.4 Å². The summed E-state index contributed by atoms with van der Waals surface area (Å²) < 4.78 is 31.7. The maximum atomic E-state index is 13.5. The van der Waals surface area contributed by atoms with E-state index >= 15 is 0 Å². The van der Waals surface area contributed by atoms with Crippen LogP contribution in [0.2, 0.25) is 0 Å².